The van der Waals surface area contributed by atoms with E-state index in [0.717, 1.165) is 32.2 Å². The van der Waals surface area contributed by atoms with Crippen molar-refractivity contribution in [3.05, 3.63) is 137 Å². The van der Waals surface area contributed by atoms with Crippen LogP contribution in [-0.2, 0) is 16.1 Å². The predicted octanol–water partition coefficient (Wildman–Crippen LogP) is 5.87. The maximum Gasteiger partial charge on any atom is 0.338 e. The van der Waals surface area contributed by atoms with Gasteiger partial charge in [0.1, 0.15) is 0 Å². The summed E-state index contributed by atoms with van der Waals surface area (Å²) in [6, 6.07) is 25.6. The van der Waals surface area contributed by atoms with E-state index in [1.165, 1.54) is 24.0 Å². The van der Waals surface area contributed by atoms with E-state index in [9.17, 15) is 9.59 Å². The summed E-state index contributed by atoms with van der Waals surface area (Å²) in [4.78, 5) is 32.5. The van der Waals surface area contributed by atoms with Gasteiger partial charge < -0.3 is 9.30 Å². The smallest absolute Gasteiger partial charge is 0.338 e. The number of hydrogen-bond acceptors (Lipinski definition) is 5. The van der Waals surface area contributed by atoms with Crippen molar-refractivity contribution in [2.75, 3.05) is 7.11 Å². The fourth-order valence-electron chi connectivity index (χ4n) is 5.56. The molecule has 6 nitrogen and oxygen atoms in total. The van der Waals surface area contributed by atoms with E-state index in [1.54, 1.807) is 4.57 Å². The van der Waals surface area contributed by atoms with Crippen LogP contribution in [0.2, 0.25) is 0 Å². The first kappa shape index (κ1) is 27.2. The minimum atomic E-state index is -0.614. The number of methoxy groups -OCH3 is 1. The number of ether oxygens (including phenoxy) is 1. The Bertz CT molecular complexity index is 2000. The minimum Gasteiger partial charge on any atom is -0.466 e. The number of carbonyl (C=O) groups excluding carboxylic acids is 1. The summed E-state index contributed by atoms with van der Waals surface area (Å²) in [6.45, 7) is 4.77. The van der Waals surface area contributed by atoms with Gasteiger partial charge in [-0.3, -0.25) is 9.36 Å². The molecule has 2 aromatic heterocycles. The standard InChI is InChI=1S/C33H28BrN3O3S/c1-4-26-29(32(39)40-3)30(22-10-6-5-7-11-22)37-31(38)28(41-33(37)35-26)18-25-20(2)36(27-13-9-8-12-24(25)27)19-21-14-16-23(34)17-15-21/h5-18,30H,4,19H2,1-3H3/b28-18-/t30-/m0/s1. The molecule has 5 aromatic rings. The Kier molecular flexibility index (Phi) is 7.36. The summed E-state index contributed by atoms with van der Waals surface area (Å²) in [5, 5.41) is 1.08. The number of aromatic nitrogens is 2. The van der Waals surface area contributed by atoms with Gasteiger partial charge >= 0.3 is 5.97 Å². The Balaban J connectivity index is 1.56. The van der Waals surface area contributed by atoms with Gasteiger partial charge in [0.25, 0.3) is 5.56 Å². The maximum absolute atomic E-state index is 14.1. The first-order chi connectivity index (χ1) is 19.9. The normalized spacial score (nSPS) is 15.2. The van der Waals surface area contributed by atoms with Crippen molar-refractivity contribution in [3.63, 3.8) is 0 Å². The number of fused-ring (bicyclic) bond motifs is 2. The summed E-state index contributed by atoms with van der Waals surface area (Å²) in [6.07, 6.45) is 2.52. The number of para-hydroxylation sites is 1. The number of halogens is 1. The first-order valence-electron chi connectivity index (χ1n) is 13.4. The molecule has 8 heteroatoms. The number of nitrogens with zero attached hydrogens (tertiary/aromatic N) is 3. The topological polar surface area (TPSA) is 65.6 Å². The lowest BCUT2D eigenvalue weighted by Crippen LogP contribution is -2.40. The first-order valence-corrected chi connectivity index (χ1v) is 15.0. The predicted molar refractivity (Wildman–Crippen MR) is 167 cm³/mol. The fourth-order valence-corrected chi connectivity index (χ4v) is 6.83. The molecule has 1 aliphatic rings. The molecule has 0 unspecified atom stereocenters. The molecule has 1 aliphatic heterocycles. The van der Waals surface area contributed by atoms with Crippen LogP contribution >= 0.6 is 27.3 Å². The highest BCUT2D eigenvalue weighted by atomic mass is 79.9. The number of hydrogen-bond donors (Lipinski definition) is 0. The Morgan fingerprint density at radius 3 is 2.46 bits per heavy atom. The zero-order valence-corrected chi connectivity index (χ0v) is 25.3. The van der Waals surface area contributed by atoms with Crippen molar-refractivity contribution in [2.24, 2.45) is 4.99 Å². The van der Waals surface area contributed by atoms with Crippen molar-refractivity contribution in [1.29, 1.82) is 0 Å². The summed E-state index contributed by atoms with van der Waals surface area (Å²) in [7, 11) is 1.36. The lowest BCUT2D eigenvalue weighted by atomic mass is 9.95. The van der Waals surface area contributed by atoms with Gasteiger partial charge in [-0.25, -0.2) is 9.79 Å². The van der Waals surface area contributed by atoms with Crippen LogP contribution in [0.1, 0.15) is 41.8 Å². The number of thiazole rings is 1. The van der Waals surface area contributed by atoms with Crippen molar-refractivity contribution in [3.8, 4) is 0 Å². The quantitative estimate of drug-likeness (QED) is 0.222. The largest absolute Gasteiger partial charge is 0.466 e. The van der Waals surface area contributed by atoms with Gasteiger partial charge in [-0.1, -0.05) is 94.9 Å². The monoisotopic (exact) mass is 625 g/mol. The molecule has 0 radical (unpaired) electrons. The third kappa shape index (κ3) is 4.81. The van der Waals surface area contributed by atoms with Gasteiger partial charge in [0.2, 0.25) is 0 Å². The van der Waals surface area contributed by atoms with Gasteiger partial charge in [-0.15, -0.1) is 0 Å². The van der Waals surface area contributed by atoms with E-state index in [0.29, 0.717) is 33.6 Å². The Hall–Kier alpha value is -4.01. The molecule has 0 bridgehead atoms. The fraction of sp³-hybridized carbons (Fsp3) is 0.182. The number of rotatable bonds is 6. The van der Waals surface area contributed by atoms with Crippen LogP contribution in [0.3, 0.4) is 0 Å². The van der Waals surface area contributed by atoms with Crippen LogP contribution in [0.15, 0.2) is 104 Å². The number of carbonyl (C=O) groups is 1. The van der Waals surface area contributed by atoms with Crippen LogP contribution in [-0.4, -0.2) is 22.2 Å². The molecule has 0 N–H and O–H groups in total. The molecule has 0 aliphatic carbocycles. The van der Waals surface area contributed by atoms with E-state index in [2.05, 4.69) is 51.7 Å². The summed E-state index contributed by atoms with van der Waals surface area (Å²) < 4.78 is 10.7. The van der Waals surface area contributed by atoms with Gasteiger partial charge in [0, 0.05) is 33.2 Å². The zero-order chi connectivity index (χ0) is 28.7. The zero-order valence-electron chi connectivity index (χ0n) is 22.9. The lowest BCUT2D eigenvalue weighted by Gasteiger charge is -2.25. The van der Waals surface area contributed by atoms with Gasteiger partial charge in [0.05, 0.1) is 29.0 Å². The summed E-state index contributed by atoms with van der Waals surface area (Å²) in [5.41, 5.74) is 6.07. The molecular formula is C33H28BrN3O3S. The van der Waals surface area contributed by atoms with Gasteiger partial charge in [-0.2, -0.15) is 0 Å². The molecule has 0 saturated heterocycles. The summed E-state index contributed by atoms with van der Waals surface area (Å²) in [5.74, 6) is -0.472. The number of allylic oxidation sites excluding steroid dienone is 1. The van der Waals surface area contributed by atoms with Gasteiger partial charge in [-0.05, 0) is 48.7 Å². The molecule has 41 heavy (non-hydrogen) atoms. The molecule has 6 rings (SSSR count). The molecule has 3 aromatic carbocycles. The van der Waals surface area contributed by atoms with Gasteiger partial charge in [0.15, 0.2) is 4.80 Å². The summed E-state index contributed by atoms with van der Waals surface area (Å²) >= 11 is 4.88. The number of esters is 1. The molecular weight excluding hydrogens is 598 g/mol. The Morgan fingerprint density at radius 1 is 1.05 bits per heavy atom. The second-order valence-electron chi connectivity index (χ2n) is 9.93. The minimum absolute atomic E-state index is 0.178. The van der Waals surface area contributed by atoms with E-state index in [4.69, 9.17) is 9.73 Å². The highest BCUT2D eigenvalue weighted by Gasteiger charge is 2.33. The molecule has 3 heterocycles. The lowest BCUT2D eigenvalue weighted by molar-refractivity contribution is -0.136. The molecule has 0 amide bonds. The van der Waals surface area contributed by atoms with E-state index in [-0.39, 0.29) is 5.56 Å². The molecule has 206 valence electrons. The number of benzene rings is 3. The van der Waals surface area contributed by atoms with Crippen molar-refractivity contribution >= 4 is 50.2 Å². The van der Waals surface area contributed by atoms with E-state index in [1.807, 2.05) is 67.6 Å². The van der Waals surface area contributed by atoms with Crippen LogP contribution < -0.4 is 14.9 Å². The molecule has 1 atom stereocenters. The van der Waals surface area contributed by atoms with E-state index < -0.39 is 12.0 Å². The highest BCUT2D eigenvalue weighted by Crippen LogP contribution is 2.32. The van der Waals surface area contributed by atoms with Crippen molar-refractivity contribution in [1.82, 2.24) is 9.13 Å². The van der Waals surface area contributed by atoms with Crippen LogP contribution in [0.4, 0.5) is 0 Å². The molecule has 0 saturated carbocycles. The van der Waals surface area contributed by atoms with E-state index >= 15 is 0 Å². The van der Waals surface area contributed by atoms with Crippen molar-refractivity contribution in [2.45, 2.75) is 32.9 Å². The van der Waals surface area contributed by atoms with Crippen LogP contribution in [0.5, 0.6) is 0 Å². The second kappa shape index (κ2) is 11.1. The highest BCUT2D eigenvalue weighted by molar-refractivity contribution is 9.10. The Labute approximate surface area is 249 Å². The van der Waals surface area contributed by atoms with Crippen LogP contribution in [0.25, 0.3) is 17.0 Å². The Morgan fingerprint density at radius 2 is 1.76 bits per heavy atom. The third-order valence-corrected chi connectivity index (χ3v) is 9.09. The van der Waals surface area contributed by atoms with Crippen molar-refractivity contribution < 1.29 is 9.53 Å². The molecule has 0 spiro atoms. The average molecular weight is 627 g/mol. The molecule has 0 fully saturated rings. The third-order valence-electron chi connectivity index (χ3n) is 7.57. The second-order valence-corrected chi connectivity index (χ2v) is 11.9. The SMILES string of the molecule is CCC1=C(C(=O)OC)[C@H](c2ccccc2)n2c(s/c(=C\c3c(C)n(Cc4ccc(Br)cc4)c4ccccc34)c2=O)=N1. The average Bonchev–Trinajstić information content (AvgIpc) is 3.45. The van der Waals surface area contributed by atoms with Crippen LogP contribution in [0, 0.1) is 6.92 Å². The maximum atomic E-state index is 14.1.